The minimum atomic E-state index is 0.472. The summed E-state index contributed by atoms with van der Waals surface area (Å²) in [6, 6.07) is 16.9. The third kappa shape index (κ3) is 2.53. The van der Waals surface area contributed by atoms with Gasteiger partial charge in [-0.2, -0.15) is 5.26 Å². The van der Waals surface area contributed by atoms with Crippen LogP contribution in [0.1, 0.15) is 18.4 Å². The maximum absolute atomic E-state index is 9.41. The molecule has 0 radical (unpaired) electrons. The third-order valence-corrected chi connectivity index (χ3v) is 5.17. The average Bonchev–Trinajstić information content (AvgIpc) is 3.05. The first kappa shape index (κ1) is 14.1. The number of piperidine rings is 1. The van der Waals surface area contributed by atoms with Crippen molar-refractivity contribution in [2.24, 2.45) is 5.92 Å². The van der Waals surface area contributed by atoms with E-state index in [2.05, 4.69) is 33.0 Å². The maximum Gasteiger partial charge on any atom is 0.128 e. The number of hydrogen-bond acceptors (Lipinski definition) is 4. The lowest BCUT2D eigenvalue weighted by Gasteiger charge is -2.40. The molecule has 4 nitrogen and oxygen atoms in total. The molecule has 2 aromatic rings. The average molecular weight is 304 g/mol. The topological polar surface area (TPSA) is 43.2 Å². The molecule has 2 saturated heterocycles. The highest BCUT2D eigenvalue weighted by Crippen LogP contribution is 2.37. The van der Waals surface area contributed by atoms with Crippen LogP contribution >= 0.6 is 0 Å². The van der Waals surface area contributed by atoms with Gasteiger partial charge in [0.1, 0.15) is 11.9 Å². The zero-order valence-electron chi connectivity index (χ0n) is 13.1. The number of rotatable bonds is 2. The Bertz CT molecular complexity index is 722. The van der Waals surface area contributed by atoms with Crippen LogP contribution in [0.2, 0.25) is 0 Å². The normalized spacial score (nSPS) is 23.4. The number of hydrogen-bond donors (Lipinski definition) is 0. The molecular weight excluding hydrogens is 284 g/mol. The first-order valence-electron chi connectivity index (χ1n) is 8.28. The van der Waals surface area contributed by atoms with Crippen molar-refractivity contribution in [3.63, 3.8) is 0 Å². The van der Waals surface area contributed by atoms with Gasteiger partial charge in [-0.15, -0.1) is 0 Å². The number of para-hydroxylation sites is 1. The lowest BCUT2D eigenvalue weighted by molar-refractivity contribution is 0.389. The maximum atomic E-state index is 9.41. The standard InChI is InChI=1S/C19H20N4/c20-13-16-5-1-2-6-17(16)23-12-9-15-8-11-22(14-18(15)23)19-7-3-4-10-21-19/h1-7,10,15,18H,8-9,11-12,14H2. The Morgan fingerprint density at radius 2 is 1.87 bits per heavy atom. The molecule has 2 unspecified atom stereocenters. The van der Waals surface area contributed by atoms with Crippen LogP contribution < -0.4 is 9.80 Å². The van der Waals surface area contributed by atoms with Crippen molar-refractivity contribution < 1.29 is 0 Å². The highest BCUT2D eigenvalue weighted by atomic mass is 15.3. The van der Waals surface area contributed by atoms with Crippen molar-refractivity contribution in [1.29, 1.82) is 5.26 Å². The van der Waals surface area contributed by atoms with Crippen LogP contribution in [0.4, 0.5) is 11.5 Å². The van der Waals surface area contributed by atoms with Crippen molar-refractivity contribution in [3.8, 4) is 6.07 Å². The SMILES string of the molecule is N#Cc1ccccc1N1CCC2CCN(c3ccccn3)CC21. The van der Waals surface area contributed by atoms with Gasteiger partial charge in [0.25, 0.3) is 0 Å². The summed E-state index contributed by atoms with van der Waals surface area (Å²) < 4.78 is 0. The Balaban J connectivity index is 1.61. The van der Waals surface area contributed by atoms with Gasteiger partial charge < -0.3 is 9.80 Å². The number of anilines is 2. The van der Waals surface area contributed by atoms with Crippen LogP contribution in [0, 0.1) is 17.2 Å². The van der Waals surface area contributed by atoms with E-state index in [0.29, 0.717) is 6.04 Å². The van der Waals surface area contributed by atoms with Crippen molar-refractivity contribution in [2.45, 2.75) is 18.9 Å². The van der Waals surface area contributed by atoms with E-state index < -0.39 is 0 Å². The molecule has 4 rings (SSSR count). The number of aromatic nitrogens is 1. The Hall–Kier alpha value is -2.54. The Morgan fingerprint density at radius 3 is 2.70 bits per heavy atom. The van der Waals surface area contributed by atoms with E-state index in [1.165, 1.54) is 12.8 Å². The Kier molecular flexibility index (Phi) is 3.63. The van der Waals surface area contributed by atoms with Gasteiger partial charge in [-0.1, -0.05) is 18.2 Å². The molecular formula is C19H20N4. The first-order valence-corrected chi connectivity index (χ1v) is 8.28. The summed E-state index contributed by atoms with van der Waals surface area (Å²) in [5, 5.41) is 9.41. The van der Waals surface area contributed by atoms with E-state index in [-0.39, 0.29) is 0 Å². The molecule has 23 heavy (non-hydrogen) atoms. The van der Waals surface area contributed by atoms with E-state index in [4.69, 9.17) is 0 Å². The summed E-state index contributed by atoms with van der Waals surface area (Å²) in [7, 11) is 0. The van der Waals surface area contributed by atoms with Crippen LogP contribution in [0.25, 0.3) is 0 Å². The van der Waals surface area contributed by atoms with Crippen molar-refractivity contribution in [1.82, 2.24) is 4.98 Å². The van der Waals surface area contributed by atoms with Gasteiger partial charge >= 0.3 is 0 Å². The van der Waals surface area contributed by atoms with Crippen LogP contribution in [-0.4, -0.2) is 30.7 Å². The predicted octanol–water partition coefficient (Wildman–Crippen LogP) is 3.06. The van der Waals surface area contributed by atoms with Gasteiger partial charge in [0.05, 0.1) is 11.3 Å². The summed E-state index contributed by atoms with van der Waals surface area (Å²) in [4.78, 5) is 9.33. The van der Waals surface area contributed by atoms with Gasteiger partial charge in [-0.3, -0.25) is 0 Å². The summed E-state index contributed by atoms with van der Waals surface area (Å²) >= 11 is 0. The Labute approximate surface area is 137 Å². The van der Waals surface area contributed by atoms with Crippen LogP contribution in [-0.2, 0) is 0 Å². The number of nitrogens with zero attached hydrogens (tertiary/aromatic N) is 4. The van der Waals surface area contributed by atoms with E-state index in [0.717, 1.165) is 42.6 Å². The van der Waals surface area contributed by atoms with E-state index >= 15 is 0 Å². The second-order valence-corrected chi connectivity index (χ2v) is 6.36. The lowest BCUT2D eigenvalue weighted by atomic mass is 9.92. The van der Waals surface area contributed by atoms with Gasteiger partial charge in [0.2, 0.25) is 0 Å². The summed E-state index contributed by atoms with van der Waals surface area (Å²) in [5.74, 6) is 1.79. The molecule has 0 spiro atoms. The van der Waals surface area contributed by atoms with Gasteiger partial charge in [-0.25, -0.2) is 4.98 Å². The molecule has 2 fully saturated rings. The van der Waals surface area contributed by atoms with E-state index in [1.807, 2.05) is 36.5 Å². The zero-order valence-corrected chi connectivity index (χ0v) is 13.1. The quantitative estimate of drug-likeness (QED) is 0.855. The monoisotopic (exact) mass is 304 g/mol. The van der Waals surface area contributed by atoms with Crippen LogP contribution in [0.3, 0.4) is 0 Å². The van der Waals surface area contributed by atoms with Crippen molar-refractivity contribution >= 4 is 11.5 Å². The molecule has 0 N–H and O–H groups in total. The summed E-state index contributed by atoms with van der Waals surface area (Å²) in [6.07, 6.45) is 4.28. The molecule has 4 heteroatoms. The minimum Gasteiger partial charge on any atom is -0.365 e. The molecule has 3 heterocycles. The molecule has 0 bridgehead atoms. The zero-order chi connectivity index (χ0) is 15.6. The summed E-state index contributed by atoms with van der Waals surface area (Å²) in [6.45, 7) is 3.11. The molecule has 2 atom stereocenters. The molecule has 2 aliphatic heterocycles. The fraction of sp³-hybridized carbons (Fsp3) is 0.368. The summed E-state index contributed by atoms with van der Waals surface area (Å²) in [5.41, 5.74) is 1.87. The molecule has 0 saturated carbocycles. The van der Waals surface area contributed by atoms with Gasteiger partial charge in [-0.05, 0) is 43.0 Å². The molecule has 2 aliphatic rings. The van der Waals surface area contributed by atoms with Crippen LogP contribution in [0.5, 0.6) is 0 Å². The minimum absolute atomic E-state index is 0.472. The fourth-order valence-corrected chi connectivity index (χ4v) is 4.01. The second kappa shape index (κ2) is 5.92. The van der Waals surface area contributed by atoms with E-state index in [9.17, 15) is 5.26 Å². The number of fused-ring (bicyclic) bond motifs is 1. The largest absolute Gasteiger partial charge is 0.365 e. The third-order valence-electron chi connectivity index (χ3n) is 5.17. The van der Waals surface area contributed by atoms with Gasteiger partial charge in [0, 0.05) is 31.9 Å². The number of benzene rings is 1. The first-order chi connectivity index (χ1) is 11.4. The number of nitriles is 1. The number of pyridine rings is 1. The predicted molar refractivity (Wildman–Crippen MR) is 91.5 cm³/mol. The highest BCUT2D eigenvalue weighted by molar-refractivity contribution is 5.61. The van der Waals surface area contributed by atoms with Crippen molar-refractivity contribution in [2.75, 3.05) is 29.4 Å². The highest BCUT2D eigenvalue weighted by Gasteiger charge is 2.39. The molecule has 0 aliphatic carbocycles. The van der Waals surface area contributed by atoms with Crippen molar-refractivity contribution in [3.05, 3.63) is 54.2 Å². The molecule has 1 aromatic heterocycles. The Morgan fingerprint density at radius 1 is 1.04 bits per heavy atom. The fourth-order valence-electron chi connectivity index (χ4n) is 4.01. The van der Waals surface area contributed by atoms with Gasteiger partial charge in [0.15, 0.2) is 0 Å². The van der Waals surface area contributed by atoms with E-state index in [1.54, 1.807) is 0 Å². The van der Waals surface area contributed by atoms with Crippen LogP contribution in [0.15, 0.2) is 48.7 Å². The molecule has 116 valence electrons. The molecule has 0 amide bonds. The second-order valence-electron chi connectivity index (χ2n) is 6.36. The smallest absolute Gasteiger partial charge is 0.128 e. The molecule has 1 aromatic carbocycles. The lowest BCUT2D eigenvalue weighted by Crippen LogP contribution is -2.48.